The molecular formula is C69H37BrN4O2S. The summed E-state index contributed by atoms with van der Waals surface area (Å²) in [6, 6.07) is 83.4. The summed E-state index contributed by atoms with van der Waals surface area (Å²) in [6.45, 7) is 0. The van der Waals surface area contributed by atoms with Crippen LogP contribution in [0.4, 0.5) is 0 Å². The number of para-hydroxylation sites is 3. The van der Waals surface area contributed by atoms with Gasteiger partial charge in [-0.3, -0.25) is 0 Å². The molecule has 0 spiro atoms. The predicted molar refractivity (Wildman–Crippen MR) is 320 cm³/mol. The highest BCUT2D eigenvalue weighted by atomic mass is 79.9. The number of nitrogens with one attached hydrogen (secondary N) is 1. The van der Waals surface area contributed by atoms with Gasteiger partial charge >= 0.3 is 0 Å². The largest absolute Gasteiger partial charge is 0.456 e. The number of hydrogen-bond donors (Lipinski definition) is 1. The molecule has 16 rings (SSSR count). The van der Waals surface area contributed by atoms with Gasteiger partial charge in [0.25, 0.3) is 0 Å². The van der Waals surface area contributed by atoms with Crippen molar-refractivity contribution in [1.29, 1.82) is 0 Å². The first-order valence-corrected chi connectivity index (χ1v) is 27.0. The first kappa shape index (κ1) is 43.7. The zero-order chi connectivity index (χ0) is 50.7. The van der Waals surface area contributed by atoms with Crippen molar-refractivity contribution in [2.24, 2.45) is 0 Å². The van der Waals surface area contributed by atoms with E-state index in [0.717, 1.165) is 126 Å². The number of aromatic amines is 1. The van der Waals surface area contributed by atoms with Crippen molar-refractivity contribution < 1.29 is 8.83 Å². The van der Waals surface area contributed by atoms with Crippen molar-refractivity contribution in [1.82, 2.24) is 19.9 Å². The van der Waals surface area contributed by atoms with Gasteiger partial charge in [-0.15, -0.1) is 11.3 Å². The van der Waals surface area contributed by atoms with Gasteiger partial charge in [-0.2, -0.15) is 0 Å². The maximum Gasteiger partial charge on any atom is 0.164 e. The second kappa shape index (κ2) is 17.2. The quantitative estimate of drug-likeness (QED) is 0.172. The summed E-state index contributed by atoms with van der Waals surface area (Å²) in [7, 11) is 0. The van der Waals surface area contributed by atoms with Crippen LogP contribution in [0.1, 0.15) is 0 Å². The molecule has 5 heterocycles. The molecule has 0 amide bonds. The third-order valence-corrected chi connectivity index (χ3v) is 16.8. The highest BCUT2D eigenvalue weighted by Gasteiger charge is 2.19. The van der Waals surface area contributed by atoms with E-state index in [9.17, 15) is 0 Å². The van der Waals surface area contributed by atoms with E-state index < -0.39 is 0 Å². The molecule has 358 valence electrons. The Kier molecular flexibility index (Phi) is 9.77. The number of furan rings is 2. The number of nitrogens with zero attached hydrogens (tertiary/aromatic N) is 3. The fourth-order valence-corrected chi connectivity index (χ4v) is 12.7. The van der Waals surface area contributed by atoms with Crippen LogP contribution < -0.4 is 0 Å². The molecule has 5 aromatic heterocycles. The third kappa shape index (κ3) is 7.20. The second-order valence-electron chi connectivity index (χ2n) is 19.5. The number of rotatable bonds is 7. The second-order valence-corrected chi connectivity index (χ2v) is 21.5. The average Bonchev–Trinajstić information content (AvgIpc) is 4.28. The maximum atomic E-state index is 6.44. The molecule has 77 heavy (non-hydrogen) atoms. The van der Waals surface area contributed by atoms with Crippen LogP contribution in [0.25, 0.3) is 165 Å². The molecule has 0 saturated carbocycles. The van der Waals surface area contributed by atoms with Crippen LogP contribution in [0.3, 0.4) is 0 Å². The molecule has 0 bridgehead atoms. The molecule has 8 heteroatoms. The number of aromatic nitrogens is 4. The first-order valence-electron chi connectivity index (χ1n) is 25.4. The average molecular weight is 1070 g/mol. The van der Waals surface area contributed by atoms with Crippen molar-refractivity contribution in [3.63, 3.8) is 0 Å². The molecule has 0 unspecified atom stereocenters. The molecular weight excluding hydrogens is 1030 g/mol. The lowest BCUT2D eigenvalue weighted by Crippen LogP contribution is -2.00. The van der Waals surface area contributed by atoms with Gasteiger partial charge in [0.2, 0.25) is 0 Å². The molecule has 0 fully saturated rings. The van der Waals surface area contributed by atoms with Crippen LogP contribution in [-0.4, -0.2) is 19.9 Å². The number of hydrogen-bond acceptors (Lipinski definition) is 6. The summed E-state index contributed by atoms with van der Waals surface area (Å²) in [5.41, 5.74) is 17.1. The monoisotopic (exact) mass is 1060 g/mol. The van der Waals surface area contributed by atoms with Crippen molar-refractivity contribution in [3.8, 4) is 78.7 Å². The van der Waals surface area contributed by atoms with E-state index in [4.69, 9.17) is 23.8 Å². The number of fused-ring (bicyclic) bond motifs is 12. The Morgan fingerprint density at radius 1 is 0.403 bits per heavy atom. The van der Waals surface area contributed by atoms with Crippen LogP contribution in [-0.2, 0) is 0 Å². The van der Waals surface area contributed by atoms with Crippen molar-refractivity contribution in [2.75, 3.05) is 0 Å². The van der Waals surface area contributed by atoms with Crippen molar-refractivity contribution >= 4 is 113 Å². The van der Waals surface area contributed by atoms with E-state index in [0.29, 0.717) is 17.5 Å². The molecule has 0 aliphatic heterocycles. The molecule has 0 saturated heterocycles. The molecule has 0 aliphatic carbocycles. The van der Waals surface area contributed by atoms with Crippen LogP contribution >= 0.6 is 27.3 Å². The Labute approximate surface area is 452 Å². The lowest BCUT2D eigenvalue weighted by molar-refractivity contribution is 0.669. The lowest BCUT2D eigenvalue weighted by atomic mass is 9.96. The van der Waals surface area contributed by atoms with Gasteiger partial charge in [0, 0.05) is 84.9 Å². The normalized spacial score (nSPS) is 11.9. The van der Waals surface area contributed by atoms with E-state index >= 15 is 0 Å². The molecule has 0 radical (unpaired) electrons. The van der Waals surface area contributed by atoms with E-state index in [-0.39, 0.29) is 0 Å². The van der Waals surface area contributed by atoms with E-state index in [2.05, 4.69) is 185 Å². The summed E-state index contributed by atoms with van der Waals surface area (Å²) < 4.78 is 16.2. The highest BCUT2D eigenvalue weighted by Crippen LogP contribution is 2.44. The van der Waals surface area contributed by atoms with Gasteiger partial charge in [-0.1, -0.05) is 174 Å². The van der Waals surface area contributed by atoms with Crippen LogP contribution in [0.15, 0.2) is 232 Å². The zero-order valence-corrected chi connectivity index (χ0v) is 43.1. The fraction of sp³-hybridized carbons (Fsp3) is 0. The van der Waals surface area contributed by atoms with Crippen LogP contribution in [0.5, 0.6) is 0 Å². The van der Waals surface area contributed by atoms with Gasteiger partial charge in [0.15, 0.2) is 17.5 Å². The third-order valence-electron chi connectivity index (χ3n) is 15.0. The molecule has 16 aromatic rings. The Hall–Kier alpha value is -9.65. The Morgan fingerprint density at radius 2 is 0.987 bits per heavy atom. The molecule has 1 N–H and O–H groups in total. The topological polar surface area (TPSA) is 80.7 Å². The molecule has 6 nitrogen and oxygen atoms in total. The Morgan fingerprint density at radius 3 is 1.79 bits per heavy atom. The van der Waals surface area contributed by atoms with Gasteiger partial charge in [-0.05, 0) is 106 Å². The molecule has 11 aromatic carbocycles. The summed E-state index contributed by atoms with van der Waals surface area (Å²) >= 11 is 5.43. The van der Waals surface area contributed by atoms with Gasteiger partial charge in [0.05, 0.1) is 10.9 Å². The van der Waals surface area contributed by atoms with Gasteiger partial charge in [-0.25, -0.2) is 15.0 Å². The predicted octanol–water partition coefficient (Wildman–Crippen LogP) is 19.7. The van der Waals surface area contributed by atoms with E-state index in [1.54, 1.807) is 0 Å². The number of H-pyrrole nitrogens is 1. The minimum Gasteiger partial charge on any atom is -0.456 e. The smallest absolute Gasteiger partial charge is 0.164 e. The van der Waals surface area contributed by atoms with Gasteiger partial charge < -0.3 is 13.8 Å². The Balaban J connectivity index is 0.725. The minimum atomic E-state index is 0.577. The first-order chi connectivity index (χ1) is 38.0. The highest BCUT2D eigenvalue weighted by molar-refractivity contribution is 9.10. The maximum absolute atomic E-state index is 6.44. The van der Waals surface area contributed by atoms with Crippen LogP contribution in [0.2, 0.25) is 0 Å². The van der Waals surface area contributed by atoms with Crippen LogP contribution in [0, 0.1) is 12.1 Å². The number of benzene rings is 10. The summed E-state index contributed by atoms with van der Waals surface area (Å²) in [5, 5.41) is 8.96. The summed E-state index contributed by atoms with van der Waals surface area (Å²) in [6.07, 6.45) is 0. The number of thiophene rings is 1. The summed E-state index contributed by atoms with van der Waals surface area (Å²) in [4.78, 5) is 18.9. The lowest BCUT2D eigenvalue weighted by Gasteiger charge is -2.09. The minimum absolute atomic E-state index is 0.577. The fourth-order valence-electron chi connectivity index (χ4n) is 11.2. The van der Waals surface area contributed by atoms with E-state index in [1.807, 2.05) is 78.1 Å². The van der Waals surface area contributed by atoms with Crippen molar-refractivity contribution in [2.45, 2.75) is 0 Å². The van der Waals surface area contributed by atoms with Gasteiger partial charge in [0.1, 0.15) is 22.3 Å². The van der Waals surface area contributed by atoms with E-state index in [1.165, 1.54) is 25.7 Å². The van der Waals surface area contributed by atoms with Crippen molar-refractivity contribution in [3.05, 3.63) is 235 Å². The molecule has 0 aliphatic rings. The zero-order valence-electron chi connectivity index (χ0n) is 40.7. The standard InChI is InChI=1S/C69H37BrN4O2S/c70-47-30-25-41(26-31-47)68-72-67(73-69(74-68)46-27-32-53-51-11-1-3-19-60(51)75-62(53)38-46)40-23-21-39(22-24-40)42-29-34-63-58(36-42)56-18-8-15-50(66(56)77-63)44-10-5-9-43(35-44)48-13-6-16-54-57-37-45(28-33-59(57)71-64(48)54)49-14-7-17-55-52-12-2-4-20-61(52)76-65(49)55/h1-5,7-15,17-38,71H. The SMILES string of the molecule is Brc1ccc(-c2nc(-c3ccc(-c4ccc5sc6c(-c7cccc(-c8cc#cc9c8[nH]c8ccc(-c%10cccc%11c%10oc%10ccccc%10%11)cc89)c7)cccc6c5c4)cc3)nc(-c3ccc4c(c3)oc3ccccc34)n2)cc1. The Bertz CT molecular complexity index is 5070. The number of halogens is 1. The molecule has 0 atom stereocenters. The summed E-state index contributed by atoms with van der Waals surface area (Å²) in [5.74, 6) is 1.77.